The van der Waals surface area contributed by atoms with E-state index in [0.29, 0.717) is 6.04 Å². The Kier molecular flexibility index (Phi) is 4.23. The zero-order valence-corrected chi connectivity index (χ0v) is 14.7. The standard InChI is InChI=1S/C20H21BrN2/c21-17-10-4-8-15-16-9-5-11-18(20(16)23-19(15)17)22-13-12-14-6-2-1-3-7-14/h1-4,6-8,10,18,22-23H,5,9,11-13H2. The van der Waals surface area contributed by atoms with Gasteiger partial charge >= 0.3 is 0 Å². The Morgan fingerprint density at radius 3 is 2.83 bits per heavy atom. The molecule has 1 aromatic heterocycles. The van der Waals surface area contributed by atoms with Crippen molar-refractivity contribution in [3.63, 3.8) is 0 Å². The number of hydrogen-bond donors (Lipinski definition) is 2. The first kappa shape index (κ1) is 15.0. The lowest BCUT2D eigenvalue weighted by atomic mass is 9.91. The van der Waals surface area contributed by atoms with Crippen LogP contribution < -0.4 is 5.32 Å². The third-order valence-corrected chi connectivity index (χ3v) is 5.50. The van der Waals surface area contributed by atoms with Gasteiger partial charge in [-0.25, -0.2) is 0 Å². The topological polar surface area (TPSA) is 27.8 Å². The average molecular weight is 369 g/mol. The molecule has 0 fully saturated rings. The van der Waals surface area contributed by atoms with E-state index in [-0.39, 0.29) is 0 Å². The van der Waals surface area contributed by atoms with Crippen LogP contribution in [0.1, 0.15) is 35.7 Å². The fraction of sp³-hybridized carbons (Fsp3) is 0.300. The Bertz CT molecular complexity index is 807. The van der Waals surface area contributed by atoms with Gasteiger partial charge in [0.1, 0.15) is 0 Å². The van der Waals surface area contributed by atoms with E-state index in [1.165, 1.54) is 47.0 Å². The van der Waals surface area contributed by atoms with Gasteiger partial charge in [0.15, 0.2) is 0 Å². The van der Waals surface area contributed by atoms with Crippen molar-refractivity contribution in [2.45, 2.75) is 31.7 Å². The number of aryl methyl sites for hydroxylation is 1. The van der Waals surface area contributed by atoms with Crippen LogP contribution in [-0.2, 0) is 12.8 Å². The predicted octanol–water partition coefficient (Wildman–Crippen LogP) is 5.14. The van der Waals surface area contributed by atoms with Crippen LogP contribution in [-0.4, -0.2) is 11.5 Å². The molecule has 2 nitrogen and oxygen atoms in total. The molecule has 0 radical (unpaired) electrons. The first-order chi connectivity index (χ1) is 11.3. The van der Waals surface area contributed by atoms with Crippen LogP contribution >= 0.6 is 15.9 Å². The van der Waals surface area contributed by atoms with Gasteiger partial charge in [-0.3, -0.25) is 0 Å². The molecule has 1 atom stereocenters. The molecular weight excluding hydrogens is 348 g/mol. The average Bonchev–Trinajstić information content (AvgIpc) is 2.97. The van der Waals surface area contributed by atoms with Gasteiger partial charge in [-0.2, -0.15) is 0 Å². The molecule has 2 N–H and O–H groups in total. The third kappa shape index (κ3) is 2.96. The van der Waals surface area contributed by atoms with Crippen LogP contribution in [0.3, 0.4) is 0 Å². The predicted molar refractivity (Wildman–Crippen MR) is 99.8 cm³/mol. The molecule has 23 heavy (non-hydrogen) atoms. The van der Waals surface area contributed by atoms with Crippen LogP contribution in [0.25, 0.3) is 10.9 Å². The molecule has 118 valence electrons. The number of rotatable bonds is 4. The van der Waals surface area contributed by atoms with Gasteiger partial charge in [0, 0.05) is 21.6 Å². The highest BCUT2D eigenvalue weighted by Crippen LogP contribution is 2.36. The number of aromatic amines is 1. The van der Waals surface area contributed by atoms with Gasteiger partial charge < -0.3 is 10.3 Å². The normalized spacial score (nSPS) is 17.3. The first-order valence-electron chi connectivity index (χ1n) is 8.39. The molecule has 0 saturated carbocycles. The van der Waals surface area contributed by atoms with Gasteiger partial charge in [-0.05, 0) is 65.4 Å². The van der Waals surface area contributed by atoms with E-state index in [1.54, 1.807) is 0 Å². The molecule has 1 aliphatic carbocycles. The third-order valence-electron chi connectivity index (χ3n) is 4.84. The summed E-state index contributed by atoms with van der Waals surface area (Å²) in [6.07, 6.45) is 4.74. The van der Waals surface area contributed by atoms with Gasteiger partial charge in [0.25, 0.3) is 0 Å². The number of hydrogen-bond acceptors (Lipinski definition) is 1. The number of fused-ring (bicyclic) bond motifs is 3. The summed E-state index contributed by atoms with van der Waals surface area (Å²) in [5.74, 6) is 0. The summed E-state index contributed by atoms with van der Waals surface area (Å²) in [7, 11) is 0. The molecule has 3 heteroatoms. The molecule has 0 saturated heterocycles. The Morgan fingerprint density at radius 2 is 1.96 bits per heavy atom. The minimum absolute atomic E-state index is 0.446. The summed E-state index contributed by atoms with van der Waals surface area (Å²) in [4.78, 5) is 3.67. The van der Waals surface area contributed by atoms with E-state index in [1.807, 2.05) is 0 Å². The molecular formula is C20H21BrN2. The van der Waals surface area contributed by atoms with Crippen molar-refractivity contribution in [3.8, 4) is 0 Å². The fourth-order valence-electron chi connectivity index (χ4n) is 3.69. The molecule has 2 aromatic carbocycles. The fourth-order valence-corrected chi connectivity index (χ4v) is 4.16. The monoisotopic (exact) mass is 368 g/mol. The Morgan fingerprint density at radius 1 is 1.09 bits per heavy atom. The summed E-state index contributed by atoms with van der Waals surface area (Å²) in [5, 5.41) is 5.14. The van der Waals surface area contributed by atoms with Crippen molar-refractivity contribution in [2.75, 3.05) is 6.54 Å². The lowest BCUT2D eigenvalue weighted by molar-refractivity contribution is 0.456. The SMILES string of the molecule is Brc1cccc2c3c([nH]c12)C(NCCc1ccccc1)CCC3. The Hall–Kier alpha value is -1.58. The van der Waals surface area contributed by atoms with Gasteiger partial charge in [0.2, 0.25) is 0 Å². The van der Waals surface area contributed by atoms with Crippen molar-refractivity contribution >= 4 is 26.8 Å². The molecule has 0 amide bonds. The number of halogens is 1. The summed E-state index contributed by atoms with van der Waals surface area (Å²) in [5.41, 5.74) is 5.54. The van der Waals surface area contributed by atoms with Gasteiger partial charge in [-0.1, -0.05) is 42.5 Å². The van der Waals surface area contributed by atoms with Gasteiger partial charge in [-0.15, -0.1) is 0 Å². The highest BCUT2D eigenvalue weighted by molar-refractivity contribution is 9.10. The molecule has 0 aliphatic heterocycles. The summed E-state index contributed by atoms with van der Waals surface area (Å²) >= 11 is 3.67. The van der Waals surface area contributed by atoms with E-state index >= 15 is 0 Å². The smallest absolute Gasteiger partial charge is 0.0603 e. The molecule has 1 heterocycles. The second kappa shape index (κ2) is 6.50. The van der Waals surface area contributed by atoms with E-state index in [0.717, 1.165) is 17.4 Å². The number of H-pyrrole nitrogens is 1. The van der Waals surface area contributed by atoms with Crippen molar-refractivity contribution in [1.29, 1.82) is 0 Å². The molecule has 1 aliphatic rings. The molecule has 1 unspecified atom stereocenters. The van der Waals surface area contributed by atoms with E-state index in [2.05, 4.69) is 74.8 Å². The van der Waals surface area contributed by atoms with E-state index in [9.17, 15) is 0 Å². The molecule has 3 aromatic rings. The van der Waals surface area contributed by atoms with Gasteiger partial charge in [0.05, 0.1) is 5.52 Å². The number of para-hydroxylation sites is 1. The second-order valence-corrected chi connectivity index (χ2v) is 7.17. The highest BCUT2D eigenvalue weighted by atomic mass is 79.9. The maximum atomic E-state index is 3.76. The number of nitrogens with one attached hydrogen (secondary N) is 2. The van der Waals surface area contributed by atoms with Crippen LogP contribution in [0.2, 0.25) is 0 Å². The van der Waals surface area contributed by atoms with Crippen LogP contribution in [0.4, 0.5) is 0 Å². The summed E-state index contributed by atoms with van der Waals surface area (Å²) in [6.45, 7) is 1.02. The summed E-state index contributed by atoms with van der Waals surface area (Å²) in [6, 6.07) is 17.6. The van der Waals surface area contributed by atoms with E-state index in [4.69, 9.17) is 0 Å². The molecule has 4 rings (SSSR count). The molecule has 0 bridgehead atoms. The zero-order chi connectivity index (χ0) is 15.6. The minimum Gasteiger partial charge on any atom is -0.356 e. The van der Waals surface area contributed by atoms with Crippen molar-refractivity contribution in [2.24, 2.45) is 0 Å². The maximum Gasteiger partial charge on any atom is 0.0603 e. The van der Waals surface area contributed by atoms with Crippen molar-refractivity contribution < 1.29 is 0 Å². The van der Waals surface area contributed by atoms with E-state index < -0.39 is 0 Å². The Labute approximate surface area is 145 Å². The van der Waals surface area contributed by atoms with Crippen LogP contribution in [0.5, 0.6) is 0 Å². The van der Waals surface area contributed by atoms with Crippen molar-refractivity contribution in [1.82, 2.24) is 10.3 Å². The van der Waals surface area contributed by atoms with Crippen LogP contribution in [0, 0.1) is 0 Å². The molecule has 0 spiro atoms. The highest BCUT2D eigenvalue weighted by Gasteiger charge is 2.24. The Balaban J connectivity index is 1.53. The number of aromatic nitrogens is 1. The zero-order valence-electron chi connectivity index (χ0n) is 13.1. The van der Waals surface area contributed by atoms with Crippen LogP contribution in [0.15, 0.2) is 53.0 Å². The lowest BCUT2D eigenvalue weighted by Gasteiger charge is -2.24. The lowest BCUT2D eigenvalue weighted by Crippen LogP contribution is -2.27. The quantitative estimate of drug-likeness (QED) is 0.655. The largest absolute Gasteiger partial charge is 0.356 e. The maximum absolute atomic E-state index is 3.76. The summed E-state index contributed by atoms with van der Waals surface area (Å²) < 4.78 is 1.16. The van der Waals surface area contributed by atoms with Crippen molar-refractivity contribution in [3.05, 3.63) is 69.8 Å². The first-order valence-corrected chi connectivity index (χ1v) is 9.18. The number of benzene rings is 2. The second-order valence-electron chi connectivity index (χ2n) is 6.31. The minimum atomic E-state index is 0.446.